The zero-order chi connectivity index (χ0) is 32.3. The first-order valence-electron chi connectivity index (χ1n) is 15.1. The number of likely N-dealkylation sites (N-methyl/N-ethyl adjacent to an activating group) is 1. The smallest absolute Gasteiger partial charge is 0.355 e. The van der Waals surface area contributed by atoms with Gasteiger partial charge in [0, 0.05) is 31.2 Å². The van der Waals surface area contributed by atoms with Gasteiger partial charge in [-0.15, -0.1) is 11.3 Å². The normalized spacial score (nSPS) is 18.3. The third-order valence-electron chi connectivity index (χ3n) is 7.90. The molecule has 0 aromatic carbocycles. The minimum atomic E-state index is -1.21. The fraction of sp³-hybridized carbons (Fsp3) is 0.733. The molecule has 12 nitrogen and oxygen atoms in total. The summed E-state index contributed by atoms with van der Waals surface area (Å²) in [7, 11) is 1.90. The molecule has 1 aliphatic heterocycles. The maximum absolute atomic E-state index is 14.4. The van der Waals surface area contributed by atoms with E-state index in [0.717, 1.165) is 30.7 Å². The first-order valence-corrected chi connectivity index (χ1v) is 16.0. The monoisotopic (exact) mass is 624 g/mol. The van der Waals surface area contributed by atoms with Gasteiger partial charge >= 0.3 is 17.9 Å². The first-order chi connectivity index (χ1) is 20.3. The third-order valence-corrected chi connectivity index (χ3v) is 8.84. The molecular weight excluding hydrogens is 576 g/mol. The van der Waals surface area contributed by atoms with Crippen LogP contribution in [0.25, 0.3) is 0 Å². The quantitative estimate of drug-likeness (QED) is 0.204. The number of carboxylic acid groups (broad SMARTS) is 1. The number of nitrogens with zero attached hydrogens (tertiary/aromatic N) is 3. The molecule has 1 aromatic rings. The summed E-state index contributed by atoms with van der Waals surface area (Å²) in [5.41, 5.74) is -0.174. The van der Waals surface area contributed by atoms with Crippen LogP contribution in [0.1, 0.15) is 108 Å². The molecule has 2 heterocycles. The number of ether oxygens (including phenoxy) is 2. The first kappa shape index (κ1) is 36.1. The second kappa shape index (κ2) is 17.3. The third kappa shape index (κ3) is 10.6. The van der Waals surface area contributed by atoms with Crippen molar-refractivity contribution < 1.29 is 38.6 Å². The van der Waals surface area contributed by atoms with E-state index >= 15 is 0 Å². The summed E-state index contributed by atoms with van der Waals surface area (Å²) in [4.78, 5) is 71.4. The zero-order valence-corrected chi connectivity index (χ0v) is 27.3. The molecule has 0 saturated carbocycles. The molecule has 1 aliphatic rings. The highest BCUT2D eigenvalue weighted by Crippen LogP contribution is 2.31. The van der Waals surface area contributed by atoms with Gasteiger partial charge < -0.3 is 24.8 Å². The Morgan fingerprint density at radius 2 is 1.88 bits per heavy atom. The molecule has 0 bridgehead atoms. The van der Waals surface area contributed by atoms with Gasteiger partial charge in [-0.3, -0.25) is 24.1 Å². The number of carbonyl (C=O) groups excluding carboxylic acids is 4. The molecule has 1 aromatic heterocycles. The van der Waals surface area contributed by atoms with Crippen LogP contribution in [0.3, 0.4) is 0 Å². The number of thiazole rings is 1. The van der Waals surface area contributed by atoms with Gasteiger partial charge in [-0.25, -0.2) is 9.78 Å². The highest BCUT2D eigenvalue weighted by atomic mass is 32.1. The zero-order valence-electron chi connectivity index (χ0n) is 26.5. The van der Waals surface area contributed by atoms with Gasteiger partial charge in [0.25, 0.3) is 0 Å². The van der Waals surface area contributed by atoms with Crippen LogP contribution in [-0.4, -0.2) is 88.1 Å². The number of nitrogens with one attached hydrogen (secondary N) is 1. The molecule has 43 heavy (non-hydrogen) atoms. The fourth-order valence-electron chi connectivity index (χ4n) is 5.17. The van der Waals surface area contributed by atoms with Crippen molar-refractivity contribution in [3.8, 4) is 0 Å². The Morgan fingerprint density at radius 1 is 1.19 bits per heavy atom. The van der Waals surface area contributed by atoms with Crippen LogP contribution in [0, 0.1) is 11.8 Å². The molecule has 5 atom stereocenters. The van der Waals surface area contributed by atoms with Gasteiger partial charge in [0.05, 0.1) is 6.04 Å². The number of rotatable bonds is 16. The molecule has 0 spiro atoms. The van der Waals surface area contributed by atoms with Crippen LogP contribution in [-0.2, 0) is 28.7 Å². The van der Waals surface area contributed by atoms with Crippen molar-refractivity contribution >= 4 is 41.1 Å². The molecular formula is C30H48N4O8S. The number of aromatic nitrogens is 1. The molecule has 1 saturated heterocycles. The van der Waals surface area contributed by atoms with Crippen molar-refractivity contribution in [3.63, 3.8) is 0 Å². The average Bonchev–Trinajstić information content (AvgIpc) is 3.45. The fourth-order valence-corrected chi connectivity index (χ4v) is 6.00. The van der Waals surface area contributed by atoms with Crippen molar-refractivity contribution in [1.82, 2.24) is 20.1 Å². The van der Waals surface area contributed by atoms with E-state index in [1.807, 2.05) is 46.6 Å². The minimum absolute atomic E-state index is 0.0768. The van der Waals surface area contributed by atoms with Gasteiger partial charge in [0.15, 0.2) is 18.5 Å². The lowest BCUT2D eigenvalue weighted by Gasteiger charge is -2.39. The molecule has 2 rings (SSSR count). The van der Waals surface area contributed by atoms with E-state index in [1.54, 1.807) is 0 Å². The van der Waals surface area contributed by atoms with Crippen molar-refractivity contribution in [2.24, 2.45) is 11.8 Å². The van der Waals surface area contributed by atoms with Crippen molar-refractivity contribution in [2.75, 3.05) is 20.3 Å². The molecule has 0 aliphatic carbocycles. The SMILES string of the molecule is CCCC(=O)OCN(C(=O)[C@H](NC(=O)C1CCCCN1C)[C@@H](C)CC)[C@H](C[C@@H](OC(C)=O)c1nc(C(=O)O)cs1)C(C)C. The number of amides is 2. The maximum Gasteiger partial charge on any atom is 0.355 e. The Kier molecular flexibility index (Phi) is 14.5. The van der Waals surface area contributed by atoms with E-state index in [0.29, 0.717) is 19.3 Å². The number of likely N-dealkylation sites (tertiary alicyclic amines) is 1. The molecule has 2 N–H and O–H groups in total. The van der Waals surface area contributed by atoms with Gasteiger partial charge in [-0.2, -0.15) is 0 Å². The summed E-state index contributed by atoms with van der Waals surface area (Å²) in [6.45, 7) is 11.2. The predicted octanol–water partition coefficient (Wildman–Crippen LogP) is 4.00. The van der Waals surface area contributed by atoms with Gasteiger partial charge in [-0.1, -0.05) is 47.5 Å². The van der Waals surface area contributed by atoms with Crippen molar-refractivity contribution in [2.45, 2.75) is 111 Å². The van der Waals surface area contributed by atoms with Crippen LogP contribution < -0.4 is 5.32 Å². The highest BCUT2D eigenvalue weighted by Gasteiger charge is 2.39. The largest absolute Gasteiger partial charge is 0.476 e. The summed E-state index contributed by atoms with van der Waals surface area (Å²) in [6.07, 6.45) is 3.14. The summed E-state index contributed by atoms with van der Waals surface area (Å²) >= 11 is 1.05. The second-order valence-corrected chi connectivity index (χ2v) is 12.5. The Morgan fingerprint density at radius 3 is 2.42 bits per heavy atom. The maximum atomic E-state index is 14.4. The topological polar surface area (TPSA) is 155 Å². The number of hydrogen-bond acceptors (Lipinski definition) is 10. The Hall–Kier alpha value is -3.06. The number of aromatic carboxylic acids is 1. The van der Waals surface area contributed by atoms with Gasteiger partial charge in [0.2, 0.25) is 11.8 Å². The van der Waals surface area contributed by atoms with E-state index < -0.39 is 42.0 Å². The van der Waals surface area contributed by atoms with Crippen LogP contribution in [0.5, 0.6) is 0 Å². The van der Waals surface area contributed by atoms with Gasteiger partial charge in [-0.05, 0) is 44.7 Å². The second-order valence-electron chi connectivity index (χ2n) is 11.6. The van der Waals surface area contributed by atoms with Gasteiger partial charge in [0.1, 0.15) is 11.0 Å². The van der Waals surface area contributed by atoms with E-state index in [-0.39, 0.29) is 54.1 Å². The summed E-state index contributed by atoms with van der Waals surface area (Å²) < 4.78 is 11.1. The lowest BCUT2D eigenvalue weighted by molar-refractivity contribution is -0.160. The summed E-state index contributed by atoms with van der Waals surface area (Å²) in [5, 5.41) is 14.0. The van der Waals surface area contributed by atoms with Crippen molar-refractivity contribution in [3.05, 3.63) is 16.1 Å². The summed E-state index contributed by atoms with van der Waals surface area (Å²) in [5.74, 6) is -3.31. The lowest BCUT2D eigenvalue weighted by Crippen LogP contribution is -2.59. The highest BCUT2D eigenvalue weighted by molar-refractivity contribution is 7.09. The Bertz CT molecular complexity index is 1110. The molecule has 2 amide bonds. The molecule has 0 radical (unpaired) electrons. The standard InChI is InChI=1S/C30H48N4O8S/c1-8-12-25(36)41-17-34(29(38)26(19(5)9-2)32-27(37)22-13-10-11-14-33(22)7)23(18(3)4)15-24(42-20(6)35)28-31-21(16-43-28)30(39)40/h16,18-19,22-24,26H,8-15,17H2,1-7H3,(H,32,37)(H,39,40)/t19-,22?,23+,24+,26+/m0/s1. The number of carbonyl (C=O) groups is 5. The Balaban J connectivity index is 2.48. The van der Waals surface area contributed by atoms with Crippen LogP contribution in [0.4, 0.5) is 0 Å². The molecule has 1 fully saturated rings. The predicted molar refractivity (Wildman–Crippen MR) is 161 cm³/mol. The Labute approximate surface area is 258 Å². The molecule has 1 unspecified atom stereocenters. The van der Waals surface area contributed by atoms with E-state index in [9.17, 15) is 29.1 Å². The van der Waals surface area contributed by atoms with E-state index in [1.165, 1.54) is 17.2 Å². The molecule has 13 heteroatoms. The number of carboxylic acids is 1. The van der Waals surface area contributed by atoms with Crippen molar-refractivity contribution in [1.29, 1.82) is 0 Å². The number of piperidine rings is 1. The number of esters is 2. The van der Waals surface area contributed by atoms with Crippen LogP contribution in [0.15, 0.2) is 5.38 Å². The van der Waals surface area contributed by atoms with Crippen LogP contribution >= 0.6 is 11.3 Å². The van der Waals surface area contributed by atoms with E-state index in [4.69, 9.17) is 9.47 Å². The van der Waals surface area contributed by atoms with E-state index in [2.05, 4.69) is 10.3 Å². The lowest BCUT2D eigenvalue weighted by atomic mass is 9.92. The average molecular weight is 625 g/mol. The summed E-state index contributed by atoms with van der Waals surface area (Å²) in [6, 6.07) is -1.85. The minimum Gasteiger partial charge on any atom is -0.476 e. The molecule has 242 valence electrons. The number of hydrogen-bond donors (Lipinski definition) is 2. The van der Waals surface area contributed by atoms with Crippen LogP contribution in [0.2, 0.25) is 0 Å².